The number of carbonyl (C=O) groups is 1. The molecular weight excluding hydrogens is 230 g/mol. The Kier molecular flexibility index (Phi) is 4.37. The second kappa shape index (κ2) is 5.79. The topological polar surface area (TPSA) is 70.3 Å². The van der Waals surface area contributed by atoms with Gasteiger partial charge >= 0.3 is 5.97 Å². The average Bonchev–Trinajstić information content (AvgIpc) is 2.25. The van der Waals surface area contributed by atoms with Gasteiger partial charge in [0, 0.05) is 16.7 Å². The van der Waals surface area contributed by atoms with Gasteiger partial charge in [0.1, 0.15) is 5.75 Å². The highest BCUT2D eigenvalue weighted by molar-refractivity contribution is 6.30. The monoisotopic (exact) mass is 237 g/mol. The Balaban J connectivity index is 2.94. The van der Waals surface area contributed by atoms with Gasteiger partial charge in [-0.1, -0.05) is 11.6 Å². The second-order valence-corrected chi connectivity index (χ2v) is 3.26. The summed E-state index contributed by atoms with van der Waals surface area (Å²) < 4.78 is 5.03. The number of nitriles is 1. The van der Waals surface area contributed by atoms with Crippen LogP contribution in [0.15, 0.2) is 24.3 Å². The van der Waals surface area contributed by atoms with E-state index in [0.29, 0.717) is 16.3 Å². The molecule has 0 bridgehead atoms. The molecule has 82 valence electrons. The van der Waals surface area contributed by atoms with Gasteiger partial charge in [0.15, 0.2) is 6.61 Å². The molecule has 1 N–H and O–H groups in total. The molecule has 0 aliphatic carbocycles. The summed E-state index contributed by atoms with van der Waals surface area (Å²) in [5.41, 5.74) is 0.604. The lowest BCUT2D eigenvalue weighted by molar-refractivity contribution is -0.139. The smallest absolute Gasteiger partial charge is 0.341 e. The molecule has 16 heavy (non-hydrogen) atoms. The van der Waals surface area contributed by atoms with Crippen LogP contribution < -0.4 is 4.74 Å². The third-order valence-corrected chi connectivity index (χ3v) is 1.90. The van der Waals surface area contributed by atoms with E-state index >= 15 is 0 Å². The van der Waals surface area contributed by atoms with E-state index in [0.717, 1.165) is 0 Å². The number of benzene rings is 1. The minimum Gasteiger partial charge on any atom is -0.481 e. The van der Waals surface area contributed by atoms with Gasteiger partial charge in [-0.25, -0.2) is 4.79 Å². The van der Waals surface area contributed by atoms with Crippen molar-refractivity contribution >= 4 is 23.6 Å². The molecule has 4 nitrogen and oxygen atoms in total. The number of carboxylic acids is 1. The number of hydrogen-bond acceptors (Lipinski definition) is 3. The van der Waals surface area contributed by atoms with Crippen LogP contribution in [-0.2, 0) is 4.79 Å². The molecule has 0 saturated carbocycles. The van der Waals surface area contributed by atoms with Crippen molar-refractivity contribution in [1.82, 2.24) is 0 Å². The maximum absolute atomic E-state index is 10.4. The Bertz CT molecular complexity index is 463. The van der Waals surface area contributed by atoms with E-state index in [4.69, 9.17) is 26.7 Å². The number of halogens is 1. The van der Waals surface area contributed by atoms with Gasteiger partial charge in [0.05, 0.1) is 6.07 Å². The molecule has 0 radical (unpaired) electrons. The van der Waals surface area contributed by atoms with Crippen molar-refractivity contribution in [2.24, 2.45) is 0 Å². The lowest BCUT2D eigenvalue weighted by Crippen LogP contribution is -2.10. The lowest BCUT2D eigenvalue weighted by Gasteiger charge is -2.07. The number of rotatable bonds is 4. The van der Waals surface area contributed by atoms with Crippen LogP contribution in [0, 0.1) is 11.3 Å². The molecule has 0 heterocycles. The van der Waals surface area contributed by atoms with Gasteiger partial charge in [-0.05, 0) is 24.3 Å². The molecule has 0 aliphatic heterocycles. The summed E-state index contributed by atoms with van der Waals surface area (Å²) in [5, 5.41) is 17.3. The molecule has 1 rings (SSSR count). The number of hydrogen-bond donors (Lipinski definition) is 1. The van der Waals surface area contributed by atoms with E-state index in [1.54, 1.807) is 12.1 Å². The van der Waals surface area contributed by atoms with E-state index in [-0.39, 0.29) is 0 Å². The molecule has 1 aromatic carbocycles. The van der Waals surface area contributed by atoms with Crippen LogP contribution in [0.4, 0.5) is 0 Å². The van der Waals surface area contributed by atoms with Crippen LogP contribution in [0.25, 0.3) is 6.08 Å². The number of aliphatic carboxylic acids is 1. The van der Waals surface area contributed by atoms with Crippen LogP contribution in [0.2, 0.25) is 5.02 Å². The largest absolute Gasteiger partial charge is 0.481 e. The lowest BCUT2D eigenvalue weighted by atomic mass is 10.2. The van der Waals surface area contributed by atoms with Crippen molar-refractivity contribution in [2.75, 3.05) is 6.61 Å². The van der Waals surface area contributed by atoms with Gasteiger partial charge in [-0.3, -0.25) is 0 Å². The Morgan fingerprint density at radius 1 is 1.62 bits per heavy atom. The van der Waals surface area contributed by atoms with Crippen LogP contribution >= 0.6 is 11.6 Å². The fourth-order valence-electron chi connectivity index (χ4n) is 1.04. The fraction of sp³-hybridized carbons (Fsp3) is 0.0909. The van der Waals surface area contributed by atoms with Crippen molar-refractivity contribution in [3.63, 3.8) is 0 Å². The molecule has 0 unspecified atom stereocenters. The predicted octanol–water partition coefficient (Wildman–Crippen LogP) is 2.34. The summed E-state index contributed by atoms with van der Waals surface area (Å²) in [6, 6.07) is 6.62. The Labute approximate surface area is 97.3 Å². The summed E-state index contributed by atoms with van der Waals surface area (Å²) in [6.07, 6.45) is 2.80. The normalized spacial score (nSPS) is 10.0. The zero-order chi connectivity index (χ0) is 12.0. The standard InChI is InChI=1S/C11H8ClNO3/c12-9-4-3-8(2-1-5-13)10(6-9)16-7-11(14)15/h1-4,6H,7H2,(H,14,15). The van der Waals surface area contributed by atoms with Crippen molar-refractivity contribution in [3.05, 3.63) is 34.9 Å². The first-order valence-corrected chi connectivity index (χ1v) is 4.71. The molecule has 0 atom stereocenters. The van der Waals surface area contributed by atoms with Crippen LogP contribution in [0.1, 0.15) is 5.56 Å². The zero-order valence-electron chi connectivity index (χ0n) is 8.18. The molecule has 0 fully saturated rings. The first kappa shape index (κ1) is 12.1. The number of carboxylic acid groups (broad SMARTS) is 1. The molecule has 0 aliphatic rings. The Morgan fingerprint density at radius 2 is 2.38 bits per heavy atom. The fourth-order valence-corrected chi connectivity index (χ4v) is 1.20. The van der Waals surface area contributed by atoms with Crippen molar-refractivity contribution in [2.45, 2.75) is 0 Å². The van der Waals surface area contributed by atoms with Crippen molar-refractivity contribution in [1.29, 1.82) is 5.26 Å². The highest BCUT2D eigenvalue weighted by Gasteiger charge is 2.04. The number of allylic oxidation sites excluding steroid dienone is 1. The first-order valence-electron chi connectivity index (χ1n) is 4.34. The first-order chi connectivity index (χ1) is 7.63. The van der Waals surface area contributed by atoms with Crippen molar-refractivity contribution in [3.8, 4) is 11.8 Å². The molecule has 1 aromatic rings. The van der Waals surface area contributed by atoms with Gasteiger partial charge in [-0.15, -0.1) is 0 Å². The van der Waals surface area contributed by atoms with E-state index in [1.165, 1.54) is 18.2 Å². The highest BCUT2D eigenvalue weighted by atomic mass is 35.5. The molecule has 5 heteroatoms. The summed E-state index contributed by atoms with van der Waals surface area (Å²) >= 11 is 5.75. The molecule has 0 spiro atoms. The van der Waals surface area contributed by atoms with Gasteiger partial charge < -0.3 is 9.84 Å². The highest BCUT2D eigenvalue weighted by Crippen LogP contribution is 2.24. The summed E-state index contributed by atoms with van der Waals surface area (Å²) in [5.74, 6) is -0.739. The van der Waals surface area contributed by atoms with Gasteiger partial charge in [0.2, 0.25) is 0 Å². The van der Waals surface area contributed by atoms with E-state index in [2.05, 4.69) is 0 Å². The predicted molar refractivity (Wildman–Crippen MR) is 59.2 cm³/mol. The third kappa shape index (κ3) is 3.64. The maximum atomic E-state index is 10.4. The minimum atomic E-state index is -1.07. The van der Waals surface area contributed by atoms with Crippen LogP contribution in [0.5, 0.6) is 5.75 Å². The van der Waals surface area contributed by atoms with E-state index in [9.17, 15) is 4.79 Å². The maximum Gasteiger partial charge on any atom is 0.341 e. The number of ether oxygens (including phenoxy) is 1. The second-order valence-electron chi connectivity index (χ2n) is 2.83. The minimum absolute atomic E-state index is 0.335. The zero-order valence-corrected chi connectivity index (χ0v) is 8.94. The molecule has 0 amide bonds. The van der Waals surface area contributed by atoms with Crippen LogP contribution in [0.3, 0.4) is 0 Å². The average molecular weight is 238 g/mol. The van der Waals surface area contributed by atoms with Crippen LogP contribution in [-0.4, -0.2) is 17.7 Å². The Morgan fingerprint density at radius 3 is 3.00 bits per heavy atom. The van der Waals surface area contributed by atoms with Crippen molar-refractivity contribution < 1.29 is 14.6 Å². The van der Waals surface area contributed by atoms with Gasteiger partial charge in [0.25, 0.3) is 0 Å². The molecule has 0 aromatic heterocycles. The summed E-state index contributed by atoms with van der Waals surface area (Å²) in [4.78, 5) is 10.4. The molecule has 0 saturated heterocycles. The molecular formula is C11H8ClNO3. The van der Waals surface area contributed by atoms with E-state index < -0.39 is 12.6 Å². The number of nitrogens with zero attached hydrogens (tertiary/aromatic N) is 1. The SMILES string of the molecule is N#CC=Cc1ccc(Cl)cc1OCC(=O)O. The summed E-state index contributed by atoms with van der Waals surface area (Å²) in [7, 11) is 0. The Hall–Kier alpha value is -1.99. The quantitative estimate of drug-likeness (QED) is 0.816. The summed E-state index contributed by atoms with van der Waals surface area (Å²) in [6.45, 7) is -0.451. The third-order valence-electron chi connectivity index (χ3n) is 1.66. The van der Waals surface area contributed by atoms with Gasteiger partial charge in [-0.2, -0.15) is 5.26 Å². The van der Waals surface area contributed by atoms with E-state index in [1.807, 2.05) is 6.07 Å².